The van der Waals surface area contributed by atoms with Crippen LogP contribution >= 0.6 is 0 Å². The molecule has 1 rings (SSSR count). The predicted octanol–water partition coefficient (Wildman–Crippen LogP) is -0.447. The minimum absolute atomic E-state index is 0.213. The monoisotopic (exact) mass is 203 g/mol. The Bertz CT molecular complexity index is 182. The van der Waals surface area contributed by atoms with Crippen molar-refractivity contribution in [2.45, 2.75) is 18.6 Å². The van der Waals surface area contributed by atoms with Crippen molar-refractivity contribution in [1.29, 1.82) is 0 Å². The Labute approximate surface area is 83.7 Å². The molecule has 0 aliphatic carbocycles. The van der Waals surface area contributed by atoms with Gasteiger partial charge in [0.05, 0.1) is 20.3 Å². The molecule has 82 valence electrons. The van der Waals surface area contributed by atoms with E-state index in [1.807, 2.05) is 0 Å². The molecular formula is C9H17NO4. The second-order valence-corrected chi connectivity index (χ2v) is 3.18. The Morgan fingerprint density at radius 1 is 1.64 bits per heavy atom. The van der Waals surface area contributed by atoms with Crippen LogP contribution in [-0.2, 0) is 19.0 Å². The molecule has 1 aliphatic rings. The molecule has 1 atom stereocenters. The van der Waals surface area contributed by atoms with Crippen LogP contribution in [0.5, 0.6) is 0 Å². The summed E-state index contributed by atoms with van der Waals surface area (Å²) in [5.74, 6) is -0.249. The highest BCUT2D eigenvalue weighted by molar-refractivity contribution is 5.75. The molecule has 5 nitrogen and oxygen atoms in total. The molecule has 1 heterocycles. The Kier molecular flexibility index (Phi) is 4.86. The summed E-state index contributed by atoms with van der Waals surface area (Å²) < 4.78 is 15.0. The van der Waals surface area contributed by atoms with Gasteiger partial charge >= 0.3 is 5.97 Å². The summed E-state index contributed by atoms with van der Waals surface area (Å²) in [5.41, 5.74) is 0. The quantitative estimate of drug-likeness (QED) is 0.593. The highest BCUT2D eigenvalue weighted by Crippen LogP contribution is 2.06. The molecule has 0 radical (unpaired) electrons. The number of rotatable bonds is 6. The van der Waals surface area contributed by atoms with Crippen LogP contribution < -0.4 is 5.32 Å². The Balaban J connectivity index is 2.09. The lowest BCUT2D eigenvalue weighted by Gasteiger charge is -2.26. The van der Waals surface area contributed by atoms with Gasteiger partial charge in [0.1, 0.15) is 12.1 Å². The third-order valence-corrected chi connectivity index (χ3v) is 2.20. The van der Waals surface area contributed by atoms with Gasteiger partial charge in [-0.3, -0.25) is 4.79 Å². The van der Waals surface area contributed by atoms with Crippen LogP contribution in [0.25, 0.3) is 0 Å². The largest absolute Gasteiger partial charge is 0.468 e. The fraction of sp³-hybridized carbons (Fsp3) is 0.889. The maximum absolute atomic E-state index is 11.1. The maximum atomic E-state index is 11.1. The van der Waals surface area contributed by atoms with Crippen molar-refractivity contribution in [3.63, 3.8) is 0 Å². The van der Waals surface area contributed by atoms with Gasteiger partial charge in [0.25, 0.3) is 0 Å². The third-order valence-electron chi connectivity index (χ3n) is 2.20. The van der Waals surface area contributed by atoms with E-state index in [9.17, 15) is 4.79 Å². The van der Waals surface area contributed by atoms with E-state index in [1.165, 1.54) is 7.11 Å². The van der Waals surface area contributed by atoms with Crippen LogP contribution in [-0.4, -0.2) is 52.1 Å². The average molecular weight is 203 g/mol. The smallest absolute Gasteiger partial charge is 0.322 e. The summed E-state index contributed by atoms with van der Waals surface area (Å²) in [5, 5.41) is 2.88. The fourth-order valence-corrected chi connectivity index (χ4v) is 1.19. The molecular weight excluding hydrogens is 186 g/mol. The maximum Gasteiger partial charge on any atom is 0.322 e. The first-order valence-electron chi connectivity index (χ1n) is 4.72. The zero-order chi connectivity index (χ0) is 10.4. The molecule has 1 unspecified atom stereocenters. The molecule has 1 fully saturated rings. The van der Waals surface area contributed by atoms with Crippen molar-refractivity contribution >= 4 is 5.97 Å². The van der Waals surface area contributed by atoms with Gasteiger partial charge in [0.15, 0.2) is 0 Å². The van der Waals surface area contributed by atoms with Gasteiger partial charge in [0, 0.05) is 6.61 Å². The topological polar surface area (TPSA) is 56.8 Å². The zero-order valence-electron chi connectivity index (χ0n) is 8.62. The van der Waals surface area contributed by atoms with E-state index in [1.54, 1.807) is 7.05 Å². The van der Waals surface area contributed by atoms with Gasteiger partial charge in [-0.1, -0.05) is 0 Å². The Hall–Kier alpha value is -0.650. The number of carbonyl (C=O) groups excluding carboxylic acids is 1. The van der Waals surface area contributed by atoms with E-state index < -0.39 is 0 Å². The summed E-state index contributed by atoms with van der Waals surface area (Å²) in [7, 11) is 3.11. The number of methoxy groups -OCH3 is 1. The molecule has 1 N–H and O–H groups in total. The lowest BCUT2D eigenvalue weighted by molar-refractivity contribution is -0.146. The molecule has 14 heavy (non-hydrogen) atoms. The first-order valence-corrected chi connectivity index (χ1v) is 4.72. The van der Waals surface area contributed by atoms with Gasteiger partial charge in [-0.05, 0) is 13.5 Å². The van der Waals surface area contributed by atoms with Crippen LogP contribution in [0.15, 0.2) is 0 Å². The lowest BCUT2D eigenvalue weighted by atomic mass is 10.2. The summed E-state index contributed by atoms with van der Waals surface area (Å²) in [6.07, 6.45) is 0.838. The van der Waals surface area contributed by atoms with E-state index >= 15 is 0 Å². The van der Waals surface area contributed by atoms with Crippen LogP contribution in [0.4, 0.5) is 0 Å². The highest BCUT2D eigenvalue weighted by Gasteiger charge is 2.21. The molecule has 0 amide bonds. The molecule has 0 aromatic carbocycles. The first kappa shape index (κ1) is 11.4. The van der Waals surface area contributed by atoms with Crippen molar-refractivity contribution in [3.8, 4) is 0 Å². The van der Waals surface area contributed by atoms with E-state index in [0.29, 0.717) is 26.2 Å². The van der Waals surface area contributed by atoms with Crippen molar-refractivity contribution in [3.05, 3.63) is 0 Å². The minimum Gasteiger partial charge on any atom is -0.468 e. The second kappa shape index (κ2) is 5.95. The molecule has 5 heteroatoms. The Morgan fingerprint density at radius 3 is 2.79 bits per heavy atom. The van der Waals surface area contributed by atoms with Gasteiger partial charge in [0.2, 0.25) is 0 Å². The summed E-state index contributed by atoms with van der Waals surface area (Å²) >= 11 is 0. The third kappa shape index (κ3) is 3.25. The molecule has 0 bridgehead atoms. The summed E-state index contributed by atoms with van der Waals surface area (Å²) in [6, 6.07) is -0.277. The van der Waals surface area contributed by atoms with Crippen molar-refractivity contribution in [1.82, 2.24) is 5.32 Å². The van der Waals surface area contributed by atoms with Gasteiger partial charge in [-0.25, -0.2) is 0 Å². The number of carbonyl (C=O) groups is 1. The van der Waals surface area contributed by atoms with Crippen LogP contribution in [0.2, 0.25) is 0 Å². The number of likely N-dealkylation sites (N-methyl/N-ethyl adjacent to an activating group) is 1. The van der Waals surface area contributed by atoms with Crippen LogP contribution in [0.3, 0.4) is 0 Å². The second-order valence-electron chi connectivity index (χ2n) is 3.18. The lowest BCUT2D eigenvalue weighted by Crippen LogP contribution is -2.39. The van der Waals surface area contributed by atoms with Crippen molar-refractivity contribution < 1.29 is 19.0 Å². The van der Waals surface area contributed by atoms with Crippen molar-refractivity contribution in [2.75, 3.05) is 34.0 Å². The average Bonchev–Trinajstić information content (AvgIpc) is 2.14. The number of nitrogens with one attached hydrogen (secondary N) is 1. The highest BCUT2D eigenvalue weighted by atomic mass is 16.6. The zero-order valence-corrected chi connectivity index (χ0v) is 8.62. The first-order chi connectivity index (χ1) is 6.77. The molecule has 0 aromatic rings. The fourth-order valence-electron chi connectivity index (χ4n) is 1.19. The molecule has 0 saturated carbocycles. The van der Waals surface area contributed by atoms with E-state index in [0.717, 1.165) is 0 Å². The molecule has 0 aromatic heterocycles. The SMILES string of the molecule is CNC(CCOC1COC1)C(=O)OC. The van der Waals surface area contributed by atoms with Gasteiger partial charge in [-0.2, -0.15) is 0 Å². The Morgan fingerprint density at radius 2 is 2.36 bits per heavy atom. The number of hydrogen-bond acceptors (Lipinski definition) is 5. The number of hydrogen-bond donors (Lipinski definition) is 1. The molecule has 1 aliphatic heterocycles. The molecule has 1 saturated heterocycles. The normalized spacial score (nSPS) is 18.7. The standard InChI is InChI=1S/C9H17NO4/c1-10-8(9(11)12-2)3-4-14-7-5-13-6-7/h7-8,10H,3-6H2,1-2H3. The summed E-state index contributed by atoms with van der Waals surface area (Å²) in [6.45, 7) is 1.89. The molecule has 0 spiro atoms. The minimum atomic E-state index is -0.277. The van der Waals surface area contributed by atoms with Crippen LogP contribution in [0.1, 0.15) is 6.42 Å². The number of esters is 1. The van der Waals surface area contributed by atoms with E-state index in [4.69, 9.17) is 9.47 Å². The van der Waals surface area contributed by atoms with E-state index in [2.05, 4.69) is 10.1 Å². The van der Waals surface area contributed by atoms with Crippen molar-refractivity contribution in [2.24, 2.45) is 0 Å². The van der Waals surface area contributed by atoms with Gasteiger partial charge in [-0.15, -0.1) is 0 Å². The number of ether oxygens (including phenoxy) is 3. The predicted molar refractivity (Wildman–Crippen MR) is 50.0 cm³/mol. The summed E-state index contributed by atoms with van der Waals surface area (Å²) in [4.78, 5) is 11.1. The van der Waals surface area contributed by atoms with Gasteiger partial charge < -0.3 is 19.5 Å². The van der Waals surface area contributed by atoms with Crippen LogP contribution in [0, 0.1) is 0 Å². The van der Waals surface area contributed by atoms with E-state index in [-0.39, 0.29) is 18.1 Å².